The molecule has 1 aromatic rings. The molecule has 1 N–H and O–H groups in total. The number of nitrogens with zero attached hydrogens (tertiary/aromatic N) is 2. The highest BCUT2D eigenvalue weighted by atomic mass is 79.9. The third-order valence-electron chi connectivity index (χ3n) is 2.52. The van der Waals surface area contributed by atoms with Crippen molar-refractivity contribution < 1.29 is 5.21 Å². The van der Waals surface area contributed by atoms with Crippen molar-refractivity contribution in [3.8, 4) is 0 Å². The molecule has 0 aliphatic rings. The molecule has 1 atom stereocenters. The van der Waals surface area contributed by atoms with Crippen molar-refractivity contribution in [1.82, 2.24) is 4.90 Å². The number of hydrogen-bond donors (Lipinski definition) is 1. The highest BCUT2D eigenvalue weighted by molar-refractivity contribution is 9.10. The minimum Gasteiger partial charge on any atom is -0.411 e. The van der Waals surface area contributed by atoms with E-state index in [4.69, 9.17) is 5.21 Å². The third-order valence-corrected chi connectivity index (χ3v) is 3.01. The second-order valence-electron chi connectivity index (χ2n) is 3.80. The van der Waals surface area contributed by atoms with Crippen LogP contribution in [0.3, 0.4) is 0 Å². The minimum absolute atomic E-state index is 0.108. The average molecular weight is 309 g/mol. The molecule has 0 bridgehead atoms. The van der Waals surface area contributed by atoms with Gasteiger partial charge in [0.25, 0.3) is 0 Å². The van der Waals surface area contributed by atoms with Crippen LogP contribution in [0, 0.1) is 0 Å². The molecule has 0 fully saturated rings. The second kappa shape index (κ2) is 7.84. The molecule has 0 saturated heterocycles. The van der Waals surface area contributed by atoms with E-state index in [1.165, 1.54) is 6.21 Å². The summed E-state index contributed by atoms with van der Waals surface area (Å²) < 4.78 is 0.994. The average Bonchev–Trinajstić information content (AvgIpc) is 2.36. The van der Waals surface area contributed by atoms with Crippen molar-refractivity contribution in [1.29, 1.82) is 0 Å². The van der Waals surface area contributed by atoms with Gasteiger partial charge in [0.2, 0.25) is 0 Å². The number of oxime groups is 1. The first-order valence-electron chi connectivity index (χ1n) is 5.61. The molecule has 3 nitrogen and oxygen atoms in total. The van der Waals surface area contributed by atoms with E-state index < -0.39 is 0 Å². The summed E-state index contributed by atoms with van der Waals surface area (Å²) in [5, 5.41) is 12.0. The molecular formula is C14H17BrN2O. The quantitative estimate of drug-likeness (QED) is 0.361. The van der Waals surface area contributed by atoms with E-state index in [0.29, 0.717) is 13.1 Å². The van der Waals surface area contributed by atoms with E-state index in [9.17, 15) is 0 Å². The highest BCUT2D eigenvalue weighted by Gasteiger charge is 2.17. The van der Waals surface area contributed by atoms with Gasteiger partial charge in [0.15, 0.2) is 0 Å². The fourth-order valence-corrected chi connectivity index (χ4v) is 2.20. The largest absolute Gasteiger partial charge is 0.411 e. The summed E-state index contributed by atoms with van der Waals surface area (Å²) in [5.74, 6) is 0. The molecule has 1 unspecified atom stereocenters. The first-order valence-corrected chi connectivity index (χ1v) is 6.41. The predicted molar refractivity (Wildman–Crippen MR) is 79.1 cm³/mol. The summed E-state index contributed by atoms with van der Waals surface area (Å²) in [4.78, 5) is 2.10. The first-order chi connectivity index (χ1) is 8.72. The first kappa shape index (κ1) is 14.7. The lowest BCUT2D eigenvalue weighted by Crippen LogP contribution is -2.30. The van der Waals surface area contributed by atoms with Crippen LogP contribution >= 0.6 is 15.9 Å². The molecular weight excluding hydrogens is 292 g/mol. The van der Waals surface area contributed by atoms with Crippen molar-refractivity contribution in [3.05, 3.63) is 59.6 Å². The van der Waals surface area contributed by atoms with Crippen LogP contribution in [-0.2, 0) is 0 Å². The lowest BCUT2D eigenvalue weighted by atomic mass is 10.1. The molecule has 0 radical (unpaired) electrons. The van der Waals surface area contributed by atoms with Gasteiger partial charge in [-0.1, -0.05) is 40.2 Å². The van der Waals surface area contributed by atoms with Gasteiger partial charge in [0, 0.05) is 17.6 Å². The molecule has 0 amide bonds. The van der Waals surface area contributed by atoms with Crippen LogP contribution < -0.4 is 0 Å². The van der Waals surface area contributed by atoms with Crippen molar-refractivity contribution in [2.45, 2.75) is 6.04 Å². The van der Waals surface area contributed by atoms with E-state index in [2.05, 4.69) is 39.1 Å². The second-order valence-corrected chi connectivity index (χ2v) is 4.71. The van der Waals surface area contributed by atoms with E-state index in [0.717, 1.165) is 10.0 Å². The van der Waals surface area contributed by atoms with Crippen molar-refractivity contribution in [2.75, 3.05) is 13.1 Å². The number of rotatable bonds is 7. The normalized spacial score (nSPS) is 12.8. The Kier molecular flexibility index (Phi) is 6.39. The minimum atomic E-state index is -0.108. The Bertz CT molecular complexity index is 422. The molecule has 1 aromatic carbocycles. The summed E-state index contributed by atoms with van der Waals surface area (Å²) in [5.41, 5.74) is 1.05. The molecule has 0 spiro atoms. The maximum Gasteiger partial charge on any atom is 0.0745 e. The maximum absolute atomic E-state index is 8.83. The Hall–Kier alpha value is -1.39. The van der Waals surface area contributed by atoms with E-state index in [1.807, 2.05) is 36.4 Å². The Morgan fingerprint density at radius 3 is 2.50 bits per heavy atom. The van der Waals surface area contributed by atoms with Gasteiger partial charge in [0.1, 0.15) is 0 Å². The van der Waals surface area contributed by atoms with Crippen molar-refractivity contribution in [2.24, 2.45) is 5.16 Å². The lowest BCUT2D eigenvalue weighted by molar-refractivity contribution is 0.284. The standard InChI is InChI=1S/C14H17BrN2O/c1-3-8-17(9-4-2)14(11-16-18)12-6-5-7-13(15)10-12/h3-7,10-11,14,18H,1-2,8-9H2. The molecule has 0 saturated carbocycles. The smallest absolute Gasteiger partial charge is 0.0745 e. The van der Waals surface area contributed by atoms with Gasteiger partial charge in [-0.05, 0) is 17.7 Å². The van der Waals surface area contributed by atoms with Crippen LogP contribution in [0.2, 0.25) is 0 Å². The highest BCUT2D eigenvalue weighted by Crippen LogP contribution is 2.22. The summed E-state index contributed by atoms with van der Waals surface area (Å²) in [7, 11) is 0. The topological polar surface area (TPSA) is 35.8 Å². The van der Waals surface area contributed by atoms with Crippen LogP contribution in [0.5, 0.6) is 0 Å². The summed E-state index contributed by atoms with van der Waals surface area (Å²) in [6, 6.07) is 7.81. The molecule has 96 valence electrons. The van der Waals surface area contributed by atoms with E-state index >= 15 is 0 Å². The molecule has 1 rings (SSSR count). The van der Waals surface area contributed by atoms with E-state index in [-0.39, 0.29) is 6.04 Å². The summed E-state index contributed by atoms with van der Waals surface area (Å²) in [6.45, 7) is 8.87. The van der Waals surface area contributed by atoms with Gasteiger partial charge in [-0.25, -0.2) is 0 Å². The number of benzene rings is 1. The van der Waals surface area contributed by atoms with Gasteiger partial charge in [-0.2, -0.15) is 0 Å². The van der Waals surface area contributed by atoms with Gasteiger partial charge in [-0.3, -0.25) is 4.90 Å². The zero-order valence-electron chi connectivity index (χ0n) is 10.2. The third kappa shape index (κ3) is 4.13. The Morgan fingerprint density at radius 2 is 2.00 bits per heavy atom. The predicted octanol–water partition coefficient (Wildman–Crippen LogP) is 3.62. The molecule has 4 heteroatoms. The number of halogens is 1. The molecule has 0 aliphatic carbocycles. The molecule has 0 heterocycles. The van der Waals surface area contributed by atoms with Crippen LogP contribution in [0.25, 0.3) is 0 Å². The fraction of sp³-hybridized carbons (Fsp3) is 0.214. The van der Waals surface area contributed by atoms with E-state index in [1.54, 1.807) is 0 Å². The van der Waals surface area contributed by atoms with Gasteiger partial charge < -0.3 is 5.21 Å². The summed E-state index contributed by atoms with van der Waals surface area (Å²) in [6.07, 6.45) is 5.15. The SMILES string of the molecule is C=CCN(CC=C)C(C=NO)c1cccc(Br)c1. The van der Waals surface area contributed by atoms with Crippen LogP contribution in [0.15, 0.2) is 59.2 Å². The van der Waals surface area contributed by atoms with Gasteiger partial charge >= 0.3 is 0 Å². The Labute approximate surface area is 116 Å². The number of hydrogen-bond acceptors (Lipinski definition) is 3. The van der Waals surface area contributed by atoms with Gasteiger partial charge in [0.05, 0.1) is 12.3 Å². The molecule has 18 heavy (non-hydrogen) atoms. The summed E-state index contributed by atoms with van der Waals surface area (Å²) >= 11 is 3.44. The fourth-order valence-electron chi connectivity index (χ4n) is 1.78. The molecule has 0 aliphatic heterocycles. The lowest BCUT2D eigenvalue weighted by Gasteiger charge is -2.27. The van der Waals surface area contributed by atoms with Crippen molar-refractivity contribution >= 4 is 22.1 Å². The zero-order valence-corrected chi connectivity index (χ0v) is 11.8. The molecule has 0 aromatic heterocycles. The van der Waals surface area contributed by atoms with Crippen LogP contribution in [-0.4, -0.2) is 29.4 Å². The van der Waals surface area contributed by atoms with Crippen LogP contribution in [0.1, 0.15) is 11.6 Å². The zero-order chi connectivity index (χ0) is 13.4. The van der Waals surface area contributed by atoms with Gasteiger partial charge in [-0.15, -0.1) is 18.3 Å². The Balaban J connectivity index is 3.05. The van der Waals surface area contributed by atoms with Crippen molar-refractivity contribution in [3.63, 3.8) is 0 Å². The maximum atomic E-state index is 8.83. The van der Waals surface area contributed by atoms with Crippen LogP contribution in [0.4, 0.5) is 0 Å². The monoisotopic (exact) mass is 308 g/mol. The Morgan fingerprint density at radius 1 is 1.33 bits per heavy atom.